The molecule has 1 unspecified atom stereocenters. The fraction of sp³-hybridized carbons (Fsp3) is 0.429. The lowest BCUT2D eigenvalue weighted by atomic mass is 10.0. The van der Waals surface area contributed by atoms with Crippen LogP contribution in [0, 0.1) is 6.92 Å². The maximum absolute atomic E-state index is 5.13. The Morgan fingerprint density at radius 1 is 1.50 bits per heavy atom. The van der Waals surface area contributed by atoms with E-state index in [4.69, 9.17) is 4.74 Å². The van der Waals surface area contributed by atoms with E-state index in [-0.39, 0.29) is 0 Å². The lowest BCUT2D eigenvalue weighted by molar-refractivity contribution is 0.190. The number of ether oxygens (including phenoxy) is 1. The van der Waals surface area contributed by atoms with Gasteiger partial charge in [0.1, 0.15) is 0 Å². The molecule has 2 heteroatoms. The molecule has 0 aliphatic rings. The Morgan fingerprint density at radius 2 is 2.25 bits per heavy atom. The van der Waals surface area contributed by atoms with Gasteiger partial charge in [-0.1, -0.05) is 24.3 Å². The van der Waals surface area contributed by atoms with E-state index < -0.39 is 0 Å². The van der Waals surface area contributed by atoms with E-state index in [0.29, 0.717) is 12.6 Å². The molecule has 0 amide bonds. The second-order valence-electron chi connectivity index (χ2n) is 4.10. The number of benzene rings is 1. The van der Waals surface area contributed by atoms with Crippen molar-refractivity contribution < 1.29 is 4.74 Å². The van der Waals surface area contributed by atoms with Crippen molar-refractivity contribution in [3.05, 3.63) is 42.0 Å². The van der Waals surface area contributed by atoms with E-state index >= 15 is 0 Å². The highest BCUT2D eigenvalue weighted by Crippen LogP contribution is 2.22. The van der Waals surface area contributed by atoms with Crippen molar-refractivity contribution in [1.82, 2.24) is 0 Å². The largest absolute Gasteiger partial charge is 0.383 e. The fourth-order valence-corrected chi connectivity index (χ4v) is 1.80. The summed E-state index contributed by atoms with van der Waals surface area (Å²) >= 11 is 0. The van der Waals surface area contributed by atoms with Crippen LogP contribution in [0.15, 0.2) is 30.9 Å². The molecule has 16 heavy (non-hydrogen) atoms. The van der Waals surface area contributed by atoms with Gasteiger partial charge in [-0.3, -0.25) is 0 Å². The van der Waals surface area contributed by atoms with Crippen molar-refractivity contribution in [1.29, 1.82) is 0 Å². The predicted molar refractivity (Wildman–Crippen MR) is 70.0 cm³/mol. The Labute approximate surface area is 98.3 Å². The zero-order valence-electron chi connectivity index (χ0n) is 10.4. The third kappa shape index (κ3) is 3.38. The van der Waals surface area contributed by atoms with E-state index in [1.54, 1.807) is 7.11 Å². The summed E-state index contributed by atoms with van der Waals surface area (Å²) < 4.78 is 5.13. The third-order valence-electron chi connectivity index (χ3n) is 2.53. The van der Waals surface area contributed by atoms with Crippen molar-refractivity contribution in [2.24, 2.45) is 0 Å². The van der Waals surface area contributed by atoms with E-state index in [0.717, 1.165) is 6.42 Å². The van der Waals surface area contributed by atoms with Crippen LogP contribution in [-0.4, -0.2) is 19.8 Å². The summed E-state index contributed by atoms with van der Waals surface area (Å²) in [6.07, 6.45) is 2.82. The minimum Gasteiger partial charge on any atom is -0.383 e. The van der Waals surface area contributed by atoms with E-state index in [2.05, 4.69) is 43.9 Å². The van der Waals surface area contributed by atoms with E-state index in [1.807, 2.05) is 6.08 Å². The number of methoxy groups -OCH3 is 1. The van der Waals surface area contributed by atoms with Crippen LogP contribution in [0.1, 0.15) is 18.1 Å². The lowest BCUT2D eigenvalue weighted by Gasteiger charge is -2.19. The van der Waals surface area contributed by atoms with Crippen molar-refractivity contribution >= 4 is 5.69 Å². The molecule has 2 nitrogen and oxygen atoms in total. The molecule has 0 spiro atoms. The van der Waals surface area contributed by atoms with Crippen LogP contribution in [-0.2, 0) is 11.2 Å². The van der Waals surface area contributed by atoms with Crippen molar-refractivity contribution in [3.8, 4) is 0 Å². The van der Waals surface area contributed by atoms with Gasteiger partial charge in [0.25, 0.3) is 0 Å². The molecule has 1 rings (SSSR count). The molecule has 0 aliphatic heterocycles. The molecule has 1 aromatic rings. The standard InChI is InChI=1S/C14H21NO/c1-5-7-13-9-6-8-11(2)14(13)15-12(3)10-16-4/h5-6,8-9,12,15H,1,7,10H2,2-4H3. The van der Waals surface area contributed by atoms with Crippen molar-refractivity contribution in [3.63, 3.8) is 0 Å². The highest BCUT2D eigenvalue weighted by Gasteiger charge is 2.07. The molecule has 0 radical (unpaired) electrons. The van der Waals surface area contributed by atoms with Crippen LogP contribution in [0.3, 0.4) is 0 Å². The maximum Gasteiger partial charge on any atom is 0.0661 e. The Balaban J connectivity index is 2.87. The minimum atomic E-state index is 0.315. The average Bonchev–Trinajstić information content (AvgIpc) is 2.24. The topological polar surface area (TPSA) is 21.3 Å². The molecule has 1 atom stereocenters. The predicted octanol–water partition coefficient (Wildman–Crippen LogP) is 3.17. The number of anilines is 1. The Hall–Kier alpha value is -1.28. The summed E-state index contributed by atoms with van der Waals surface area (Å²) in [5, 5.41) is 3.49. The minimum absolute atomic E-state index is 0.315. The first-order valence-corrected chi connectivity index (χ1v) is 5.64. The lowest BCUT2D eigenvalue weighted by Crippen LogP contribution is -2.22. The van der Waals surface area contributed by atoms with Gasteiger partial charge in [-0.2, -0.15) is 0 Å². The first-order chi connectivity index (χ1) is 7.69. The Morgan fingerprint density at radius 3 is 2.88 bits per heavy atom. The average molecular weight is 219 g/mol. The first-order valence-electron chi connectivity index (χ1n) is 5.64. The quantitative estimate of drug-likeness (QED) is 0.742. The molecule has 1 N–H and O–H groups in total. The third-order valence-corrected chi connectivity index (χ3v) is 2.53. The number of allylic oxidation sites excluding steroid dienone is 1. The highest BCUT2D eigenvalue weighted by atomic mass is 16.5. The SMILES string of the molecule is C=CCc1cccc(C)c1NC(C)COC. The van der Waals surface area contributed by atoms with Gasteiger partial charge >= 0.3 is 0 Å². The molecular formula is C14H21NO. The second-order valence-corrected chi connectivity index (χ2v) is 4.10. The molecule has 0 bridgehead atoms. The monoisotopic (exact) mass is 219 g/mol. The zero-order chi connectivity index (χ0) is 12.0. The molecular weight excluding hydrogens is 198 g/mol. The summed E-state index contributed by atoms with van der Waals surface area (Å²) in [5.41, 5.74) is 3.77. The highest BCUT2D eigenvalue weighted by molar-refractivity contribution is 5.58. The number of hydrogen-bond donors (Lipinski definition) is 1. The molecule has 0 saturated heterocycles. The van der Waals surface area contributed by atoms with Gasteiger partial charge in [0.2, 0.25) is 0 Å². The van der Waals surface area contributed by atoms with Crippen molar-refractivity contribution in [2.45, 2.75) is 26.3 Å². The van der Waals surface area contributed by atoms with Gasteiger partial charge in [-0.15, -0.1) is 6.58 Å². The number of aryl methyl sites for hydroxylation is 1. The molecule has 0 saturated carbocycles. The molecule has 0 fully saturated rings. The number of rotatable bonds is 6. The van der Waals surface area contributed by atoms with E-state index in [1.165, 1.54) is 16.8 Å². The van der Waals surface area contributed by atoms with Crippen LogP contribution in [0.2, 0.25) is 0 Å². The number of hydrogen-bond acceptors (Lipinski definition) is 2. The Kier molecular flexibility index (Phi) is 5.06. The van der Waals surface area contributed by atoms with Crippen LogP contribution in [0.25, 0.3) is 0 Å². The van der Waals surface area contributed by atoms with Gasteiger partial charge in [0.15, 0.2) is 0 Å². The van der Waals surface area contributed by atoms with Crippen LogP contribution < -0.4 is 5.32 Å². The summed E-state index contributed by atoms with van der Waals surface area (Å²) in [6, 6.07) is 6.65. The van der Waals surface area contributed by atoms with Crippen LogP contribution in [0.4, 0.5) is 5.69 Å². The normalized spacial score (nSPS) is 12.2. The number of para-hydroxylation sites is 1. The number of nitrogens with one attached hydrogen (secondary N) is 1. The second kappa shape index (κ2) is 6.33. The van der Waals surface area contributed by atoms with Gasteiger partial charge in [-0.05, 0) is 31.4 Å². The smallest absolute Gasteiger partial charge is 0.0661 e. The van der Waals surface area contributed by atoms with Gasteiger partial charge in [0, 0.05) is 18.8 Å². The van der Waals surface area contributed by atoms with Gasteiger partial charge in [0.05, 0.1) is 6.61 Å². The first kappa shape index (κ1) is 12.8. The van der Waals surface area contributed by atoms with Crippen LogP contribution in [0.5, 0.6) is 0 Å². The molecule has 0 aromatic heterocycles. The summed E-state index contributed by atoms with van der Waals surface area (Å²) in [7, 11) is 1.72. The zero-order valence-corrected chi connectivity index (χ0v) is 10.4. The van der Waals surface area contributed by atoms with Gasteiger partial charge in [-0.25, -0.2) is 0 Å². The fourth-order valence-electron chi connectivity index (χ4n) is 1.80. The molecule has 88 valence electrons. The van der Waals surface area contributed by atoms with Crippen LogP contribution >= 0.6 is 0 Å². The van der Waals surface area contributed by atoms with Crippen molar-refractivity contribution in [2.75, 3.05) is 19.0 Å². The summed E-state index contributed by atoms with van der Waals surface area (Å²) in [4.78, 5) is 0. The molecule has 0 heterocycles. The maximum atomic E-state index is 5.13. The Bertz CT molecular complexity index is 347. The summed E-state index contributed by atoms with van der Waals surface area (Å²) in [5.74, 6) is 0. The van der Waals surface area contributed by atoms with E-state index in [9.17, 15) is 0 Å². The summed E-state index contributed by atoms with van der Waals surface area (Å²) in [6.45, 7) is 8.74. The molecule has 1 aromatic carbocycles. The molecule has 0 aliphatic carbocycles. The van der Waals surface area contributed by atoms with Gasteiger partial charge < -0.3 is 10.1 Å².